The molecule has 3 aliphatic rings. The van der Waals surface area contributed by atoms with Gasteiger partial charge in [0.15, 0.2) is 5.70 Å². The lowest BCUT2D eigenvalue weighted by Crippen LogP contribution is -2.28. The first-order chi connectivity index (χ1) is 23.1. The van der Waals surface area contributed by atoms with Crippen LogP contribution >= 0.6 is 0 Å². The molecule has 4 nitrogen and oxygen atoms in total. The standard InChI is InChI=1S/C41H33N4.C2H6/c1-3-4-5-6-21-44-39-27-33(31-13-7-12-30(24-31)29(2)11-9-20-42)17-18-37(39)41-40-28-36-26-34(19-23-45(36,40)41)32-14-8-15-35(25-32)38-16-10-22-43-38;1-2/h3-28,42-43H,2H2,1H3;1-2H3/q+1;/b4-3-,6-5-,11-9-,42-20?,44-21?;. The summed E-state index contributed by atoms with van der Waals surface area (Å²) in [5, 5.41) is 7.29. The molecule has 1 aromatic heterocycles. The van der Waals surface area contributed by atoms with Crippen molar-refractivity contribution in [1.29, 1.82) is 5.41 Å². The molecule has 0 aliphatic carbocycles. The van der Waals surface area contributed by atoms with Gasteiger partial charge in [-0.1, -0.05) is 87.2 Å². The van der Waals surface area contributed by atoms with Crippen LogP contribution in [0.15, 0.2) is 169 Å². The van der Waals surface area contributed by atoms with Crippen molar-refractivity contribution in [1.82, 2.24) is 4.98 Å². The Morgan fingerprint density at radius 3 is 2.43 bits per heavy atom. The minimum Gasteiger partial charge on any atom is -0.361 e. The molecule has 0 saturated heterocycles. The van der Waals surface area contributed by atoms with E-state index in [4.69, 9.17) is 10.4 Å². The van der Waals surface area contributed by atoms with Gasteiger partial charge in [0.25, 0.3) is 0 Å². The summed E-state index contributed by atoms with van der Waals surface area (Å²) in [6.45, 7) is 10.2. The molecule has 7 rings (SSSR count). The number of rotatable bonds is 10. The average molecular weight is 612 g/mol. The van der Waals surface area contributed by atoms with E-state index in [1.807, 2.05) is 81.8 Å². The van der Waals surface area contributed by atoms with Gasteiger partial charge in [-0.15, -0.1) is 0 Å². The van der Waals surface area contributed by atoms with Gasteiger partial charge in [0.1, 0.15) is 6.20 Å². The zero-order chi connectivity index (χ0) is 32.8. The quantitative estimate of drug-likeness (QED) is 0.102. The Balaban J connectivity index is 0.00000190. The van der Waals surface area contributed by atoms with Gasteiger partial charge >= 0.3 is 0 Å². The Labute approximate surface area is 277 Å². The number of allylic oxidation sites excluding steroid dienone is 11. The summed E-state index contributed by atoms with van der Waals surface area (Å²) in [7, 11) is 0. The summed E-state index contributed by atoms with van der Waals surface area (Å²) < 4.78 is 0.699. The largest absolute Gasteiger partial charge is 0.361 e. The first-order valence-electron chi connectivity index (χ1n) is 16.1. The van der Waals surface area contributed by atoms with Crippen LogP contribution in [0.1, 0.15) is 37.5 Å². The van der Waals surface area contributed by atoms with E-state index in [2.05, 4.69) is 96.7 Å². The molecule has 0 bridgehead atoms. The van der Waals surface area contributed by atoms with Gasteiger partial charge in [0.2, 0.25) is 11.4 Å². The Morgan fingerprint density at radius 1 is 0.830 bits per heavy atom. The van der Waals surface area contributed by atoms with Crippen molar-refractivity contribution in [3.05, 3.63) is 181 Å². The highest BCUT2D eigenvalue weighted by Gasteiger charge is 2.65. The van der Waals surface area contributed by atoms with Crippen LogP contribution in [0.2, 0.25) is 0 Å². The van der Waals surface area contributed by atoms with E-state index >= 15 is 0 Å². The van der Waals surface area contributed by atoms with Crippen molar-refractivity contribution in [3.8, 4) is 22.4 Å². The molecule has 4 aromatic rings. The fourth-order valence-electron chi connectivity index (χ4n) is 6.08. The highest BCUT2D eigenvalue weighted by atomic mass is 15.5. The van der Waals surface area contributed by atoms with Crippen molar-refractivity contribution in [2.75, 3.05) is 0 Å². The van der Waals surface area contributed by atoms with Crippen molar-refractivity contribution < 1.29 is 4.48 Å². The van der Waals surface area contributed by atoms with Gasteiger partial charge in [-0.3, -0.25) is 4.99 Å². The minimum atomic E-state index is 0.699. The molecular weight excluding hydrogens is 573 g/mol. The normalized spacial score (nSPS) is 17.7. The van der Waals surface area contributed by atoms with E-state index in [-0.39, 0.29) is 0 Å². The SMILES string of the molecule is C=C(/C=C\C=N)c1cccc(-c2ccc(C3=C4C=C5C=C(c6cccc(-c7ccc[nH]7)c6)C=C[N+]543)c(N=C/C=C\C=C/C)c2)c1.CC. The van der Waals surface area contributed by atoms with Crippen molar-refractivity contribution in [2.24, 2.45) is 4.99 Å². The van der Waals surface area contributed by atoms with Crippen LogP contribution in [0.3, 0.4) is 0 Å². The van der Waals surface area contributed by atoms with Gasteiger partial charge < -0.3 is 10.4 Å². The monoisotopic (exact) mass is 611 g/mol. The first-order valence-corrected chi connectivity index (χ1v) is 16.1. The highest BCUT2D eigenvalue weighted by Crippen LogP contribution is 2.65. The predicted octanol–water partition coefficient (Wildman–Crippen LogP) is 11.4. The zero-order valence-corrected chi connectivity index (χ0v) is 27.1. The van der Waals surface area contributed by atoms with Crippen molar-refractivity contribution in [3.63, 3.8) is 0 Å². The average Bonchev–Trinajstić information content (AvgIpc) is 3.43. The zero-order valence-electron chi connectivity index (χ0n) is 27.1. The molecule has 0 fully saturated rings. The van der Waals surface area contributed by atoms with Crippen molar-refractivity contribution >= 4 is 35.0 Å². The molecule has 3 aliphatic heterocycles. The molecule has 1 spiro atoms. The molecule has 2 N–H and O–H groups in total. The summed E-state index contributed by atoms with van der Waals surface area (Å²) in [5.41, 5.74) is 14.8. The summed E-state index contributed by atoms with van der Waals surface area (Å²) in [4.78, 5) is 8.26. The van der Waals surface area contributed by atoms with Gasteiger partial charge in [-0.25, -0.2) is 0 Å². The predicted molar refractivity (Wildman–Crippen MR) is 201 cm³/mol. The summed E-state index contributed by atoms with van der Waals surface area (Å²) >= 11 is 0. The first kappa shape index (κ1) is 31.2. The molecule has 4 heteroatoms. The van der Waals surface area contributed by atoms with Crippen LogP contribution in [0.4, 0.5) is 5.69 Å². The van der Waals surface area contributed by atoms with E-state index in [1.54, 1.807) is 6.08 Å². The van der Waals surface area contributed by atoms with E-state index in [1.165, 1.54) is 40.0 Å². The van der Waals surface area contributed by atoms with E-state index in [0.717, 1.165) is 39.2 Å². The molecule has 47 heavy (non-hydrogen) atoms. The smallest absolute Gasteiger partial charge is 0.220 e. The number of hydrogen-bond donors (Lipinski definition) is 2. The number of nitrogens with zero attached hydrogens (tertiary/aromatic N) is 2. The minimum absolute atomic E-state index is 0.699. The third-order valence-corrected chi connectivity index (χ3v) is 8.43. The number of benzene rings is 3. The Kier molecular flexibility index (Phi) is 9.05. The molecule has 230 valence electrons. The Bertz CT molecular complexity index is 2090. The molecule has 0 amide bonds. The van der Waals surface area contributed by atoms with Crippen LogP contribution in [-0.4, -0.2) is 21.9 Å². The lowest BCUT2D eigenvalue weighted by Gasteiger charge is -2.27. The second-order valence-corrected chi connectivity index (χ2v) is 11.2. The van der Waals surface area contributed by atoms with E-state index in [9.17, 15) is 0 Å². The summed E-state index contributed by atoms with van der Waals surface area (Å²) in [6.07, 6.45) is 25.8. The van der Waals surface area contributed by atoms with Gasteiger partial charge in [-0.05, 0) is 94.4 Å². The number of aromatic amines is 1. The highest BCUT2D eigenvalue weighted by molar-refractivity contribution is 5.92. The Hall–Kier alpha value is -5.84. The number of nitrogens with one attached hydrogen (secondary N) is 2. The van der Waals surface area contributed by atoms with Crippen molar-refractivity contribution in [2.45, 2.75) is 20.8 Å². The summed E-state index contributed by atoms with van der Waals surface area (Å²) in [5.74, 6) is 0. The van der Waals surface area contributed by atoms with Crippen LogP contribution in [0.5, 0.6) is 0 Å². The number of H-pyrrole nitrogens is 1. The summed E-state index contributed by atoms with van der Waals surface area (Å²) in [6, 6.07) is 27.7. The van der Waals surface area contributed by atoms with Crippen LogP contribution < -0.4 is 0 Å². The molecule has 1 atom stereocenters. The number of quaternary nitrogens is 1. The number of aromatic nitrogens is 1. The topological polar surface area (TPSA) is 52.0 Å². The molecule has 0 radical (unpaired) electrons. The third-order valence-electron chi connectivity index (χ3n) is 8.43. The number of aliphatic imine (C=N–C) groups is 1. The molecular formula is C43H39N4+. The fourth-order valence-corrected chi connectivity index (χ4v) is 6.08. The maximum absolute atomic E-state index is 7.29. The molecule has 1 unspecified atom stereocenters. The van der Waals surface area contributed by atoms with Crippen LogP contribution in [0.25, 0.3) is 39.2 Å². The van der Waals surface area contributed by atoms with Gasteiger partial charge in [0, 0.05) is 36.5 Å². The third kappa shape index (κ3) is 5.95. The molecule has 3 aromatic carbocycles. The molecule has 4 heterocycles. The second-order valence-electron chi connectivity index (χ2n) is 11.2. The number of hydrogen-bond acceptors (Lipinski definition) is 2. The lowest BCUT2D eigenvalue weighted by atomic mass is 9.97. The van der Waals surface area contributed by atoms with Gasteiger partial charge in [-0.2, -0.15) is 4.48 Å². The lowest BCUT2D eigenvalue weighted by molar-refractivity contribution is -0.669. The Morgan fingerprint density at radius 2 is 1.64 bits per heavy atom. The maximum atomic E-state index is 7.29. The fraction of sp³-hybridized carbons (Fsp3) is 0.0698. The second kappa shape index (κ2) is 13.7. The van der Waals surface area contributed by atoms with Crippen LogP contribution in [0, 0.1) is 5.41 Å². The molecule has 0 saturated carbocycles. The van der Waals surface area contributed by atoms with E-state index < -0.39 is 0 Å². The maximum Gasteiger partial charge on any atom is 0.220 e. The van der Waals surface area contributed by atoms with Gasteiger partial charge in [0.05, 0.1) is 17.3 Å². The van der Waals surface area contributed by atoms with E-state index in [0.29, 0.717) is 4.48 Å². The van der Waals surface area contributed by atoms with Crippen LogP contribution in [-0.2, 0) is 0 Å².